The molecular weight excluding hydrogens is 643 g/mol. The number of fused-ring (bicyclic) bond motifs is 3. The van der Waals surface area contributed by atoms with E-state index < -0.39 is 34.5 Å². The summed E-state index contributed by atoms with van der Waals surface area (Å²) in [6, 6.07) is 5.53. The number of amides is 2. The molecule has 2 amide bonds. The zero-order valence-electron chi connectivity index (χ0n) is 24.7. The molecule has 1 fully saturated rings. The Morgan fingerprint density at radius 3 is 2.68 bits per heavy atom. The van der Waals surface area contributed by atoms with Gasteiger partial charge in [-0.2, -0.15) is 22.7 Å². The number of ether oxygens (including phenoxy) is 1. The first-order chi connectivity index (χ1) is 22.4. The number of likely N-dealkylation sites (tertiary alicyclic amines) is 1. The first-order valence-electron chi connectivity index (χ1n) is 14.9. The number of pyridine rings is 1. The van der Waals surface area contributed by atoms with Gasteiger partial charge in [0.05, 0.1) is 29.5 Å². The van der Waals surface area contributed by atoms with Crippen molar-refractivity contribution in [3.8, 4) is 5.75 Å². The van der Waals surface area contributed by atoms with E-state index in [0.717, 1.165) is 23.8 Å². The first kappa shape index (κ1) is 30.9. The Bertz CT molecular complexity index is 2030. The largest absolute Gasteiger partial charge is 0.505 e. The number of hydrogen-bond donors (Lipinski definition) is 2. The highest BCUT2D eigenvalue weighted by molar-refractivity contribution is 6.33. The molecule has 0 radical (unpaired) electrons. The average molecular weight is 670 g/mol. The molecule has 1 spiro atoms. The molecule has 3 aromatic heterocycles. The van der Waals surface area contributed by atoms with Crippen molar-refractivity contribution in [3.63, 3.8) is 0 Å². The zero-order chi connectivity index (χ0) is 33.1. The van der Waals surface area contributed by atoms with Crippen LogP contribution >= 0.6 is 11.6 Å². The number of rotatable bonds is 5. The van der Waals surface area contributed by atoms with Crippen LogP contribution < -0.4 is 10.9 Å². The van der Waals surface area contributed by atoms with E-state index in [0.29, 0.717) is 56.0 Å². The number of halogens is 4. The third kappa shape index (κ3) is 5.42. The maximum Gasteiger partial charge on any atom is 0.416 e. The van der Waals surface area contributed by atoms with E-state index in [9.17, 15) is 32.7 Å². The molecule has 1 saturated heterocycles. The van der Waals surface area contributed by atoms with Crippen LogP contribution in [0.15, 0.2) is 47.4 Å². The summed E-state index contributed by atoms with van der Waals surface area (Å²) >= 11 is 6.10. The van der Waals surface area contributed by atoms with Crippen molar-refractivity contribution in [1.29, 1.82) is 0 Å². The molecule has 0 saturated carbocycles. The van der Waals surface area contributed by atoms with Crippen molar-refractivity contribution < 1.29 is 32.6 Å². The second kappa shape index (κ2) is 11.5. The SMILES string of the molecule is O=C(Cn1c2c(c(=O)n3nc(C4=CCOCC4)nc13)C1(CCC2)CN(C(=O)c2ncccc2O)C1)Nc1ccc(C(F)(F)F)cc1Cl. The molecule has 1 aliphatic carbocycles. The molecule has 7 rings (SSSR count). The van der Waals surface area contributed by atoms with Crippen molar-refractivity contribution >= 4 is 40.5 Å². The number of benzene rings is 1. The van der Waals surface area contributed by atoms with Gasteiger partial charge in [0.25, 0.3) is 11.5 Å². The van der Waals surface area contributed by atoms with Crippen molar-refractivity contribution in [2.75, 3.05) is 31.6 Å². The van der Waals surface area contributed by atoms with Crippen molar-refractivity contribution in [1.82, 2.24) is 29.0 Å². The van der Waals surface area contributed by atoms with Crippen molar-refractivity contribution in [3.05, 3.63) is 86.3 Å². The lowest BCUT2D eigenvalue weighted by Gasteiger charge is -2.52. The summed E-state index contributed by atoms with van der Waals surface area (Å²) in [5, 5.41) is 17.0. The number of hydrogen-bond acceptors (Lipinski definition) is 8. The standard InChI is InChI=1S/C31H27ClF3N7O5/c32-19-13-18(31(33,34)35)5-6-20(19)37-23(44)14-41-21-3-1-9-30(15-40(16-30)28(46)25-22(43)4-2-10-36-25)24(21)27(45)42-29(41)38-26(39-42)17-7-11-47-12-8-17/h2,4-7,10,13,43H,1,3,8-9,11-12,14-16H2,(H,37,44). The van der Waals surface area contributed by atoms with Crippen LogP contribution in [0.3, 0.4) is 0 Å². The number of nitrogens with one attached hydrogen (secondary N) is 1. The lowest BCUT2D eigenvalue weighted by atomic mass is 9.66. The van der Waals surface area contributed by atoms with E-state index in [4.69, 9.17) is 16.3 Å². The smallest absolute Gasteiger partial charge is 0.416 e. The van der Waals surface area contributed by atoms with Crippen LogP contribution in [0.4, 0.5) is 18.9 Å². The van der Waals surface area contributed by atoms with Gasteiger partial charge in [0.15, 0.2) is 11.5 Å². The lowest BCUT2D eigenvalue weighted by molar-refractivity contribution is -0.137. The van der Waals surface area contributed by atoms with Crippen LogP contribution in [0.5, 0.6) is 5.75 Å². The Kier molecular flexibility index (Phi) is 7.55. The minimum absolute atomic E-state index is 0.00694. The van der Waals surface area contributed by atoms with E-state index in [1.165, 1.54) is 27.7 Å². The van der Waals surface area contributed by atoms with Gasteiger partial charge in [-0.1, -0.05) is 17.7 Å². The van der Waals surface area contributed by atoms with Crippen molar-refractivity contribution in [2.45, 2.75) is 43.8 Å². The Morgan fingerprint density at radius 2 is 1.98 bits per heavy atom. The molecule has 2 aliphatic heterocycles. The molecule has 12 nitrogen and oxygen atoms in total. The Morgan fingerprint density at radius 1 is 1.17 bits per heavy atom. The lowest BCUT2D eigenvalue weighted by Crippen LogP contribution is -2.64. The molecule has 2 N–H and O–H groups in total. The van der Waals surface area contributed by atoms with Crippen LogP contribution in [-0.2, 0) is 34.1 Å². The van der Waals surface area contributed by atoms with Crippen LogP contribution in [0.2, 0.25) is 5.02 Å². The summed E-state index contributed by atoms with van der Waals surface area (Å²) in [7, 11) is 0. The van der Waals surface area contributed by atoms with E-state index in [1.54, 1.807) is 4.57 Å². The van der Waals surface area contributed by atoms with Gasteiger partial charge in [-0.25, -0.2) is 4.98 Å². The number of carbonyl (C=O) groups is 2. The molecule has 5 heterocycles. The van der Waals surface area contributed by atoms with Crippen LogP contribution in [0.1, 0.15) is 52.4 Å². The normalized spacial score (nSPS) is 17.3. The molecule has 0 atom stereocenters. The molecule has 16 heteroatoms. The molecule has 244 valence electrons. The maximum absolute atomic E-state index is 14.2. The van der Waals surface area contributed by atoms with Gasteiger partial charge in [-0.3, -0.25) is 14.4 Å². The van der Waals surface area contributed by atoms with Gasteiger partial charge in [-0.05, 0) is 61.6 Å². The summed E-state index contributed by atoms with van der Waals surface area (Å²) in [6.45, 7) is 0.849. The first-order valence-corrected chi connectivity index (χ1v) is 15.2. The fourth-order valence-electron chi connectivity index (χ4n) is 6.63. The molecule has 1 aromatic carbocycles. The second-order valence-electron chi connectivity index (χ2n) is 11.8. The highest BCUT2D eigenvalue weighted by atomic mass is 35.5. The Balaban J connectivity index is 1.27. The zero-order valence-corrected chi connectivity index (χ0v) is 25.4. The predicted octanol–water partition coefficient (Wildman–Crippen LogP) is 3.84. The van der Waals surface area contributed by atoms with Gasteiger partial charge in [0.1, 0.15) is 12.3 Å². The molecule has 0 bridgehead atoms. The van der Waals surface area contributed by atoms with Gasteiger partial charge < -0.3 is 24.6 Å². The molecule has 47 heavy (non-hydrogen) atoms. The fourth-order valence-corrected chi connectivity index (χ4v) is 6.85. The van der Waals surface area contributed by atoms with E-state index in [1.807, 2.05) is 6.08 Å². The van der Waals surface area contributed by atoms with Gasteiger partial charge in [0.2, 0.25) is 11.7 Å². The number of carbonyl (C=O) groups excluding carboxylic acids is 2. The minimum atomic E-state index is -4.60. The van der Waals surface area contributed by atoms with Crippen LogP contribution in [0, 0.1) is 0 Å². The fraction of sp³-hybridized carbons (Fsp3) is 0.355. The van der Waals surface area contributed by atoms with Crippen molar-refractivity contribution in [2.24, 2.45) is 0 Å². The summed E-state index contributed by atoms with van der Waals surface area (Å²) in [6.07, 6.45) is 0.840. The summed E-state index contributed by atoms with van der Waals surface area (Å²) in [5.41, 5.74) is -0.419. The predicted molar refractivity (Wildman–Crippen MR) is 162 cm³/mol. The number of aromatic hydroxyl groups is 1. The van der Waals surface area contributed by atoms with Crippen LogP contribution in [-0.4, -0.2) is 72.3 Å². The number of aromatic nitrogens is 5. The number of alkyl halides is 3. The van der Waals surface area contributed by atoms with E-state index in [2.05, 4.69) is 20.4 Å². The minimum Gasteiger partial charge on any atom is -0.505 e. The highest BCUT2D eigenvalue weighted by Gasteiger charge is 2.52. The molecular formula is C31H27ClF3N7O5. The number of nitrogens with zero attached hydrogens (tertiary/aromatic N) is 6. The average Bonchev–Trinajstić information content (AvgIpc) is 3.48. The topological polar surface area (TPSA) is 144 Å². The number of anilines is 1. The third-order valence-corrected chi connectivity index (χ3v) is 9.15. The van der Waals surface area contributed by atoms with E-state index >= 15 is 0 Å². The monoisotopic (exact) mass is 669 g/mol. The van der Waals surface area contributed by atoms with Crippen LogP contribution in [0.25, 0.3) is 11.4 Å². The highest BCUT2D eigenvalue weighted by Crippen LogP contribution is 2.44. The second-order valence-corrected chi connectivity index (χ2v) is 12.2. The van der Waals surface area contributed by atoms with Gasteiger partial charge >= 0.3 is 6.18 Å². The quantitative estimate of drug-likeness (QED) is 0.326. The molecule has 4 aromatic rings. The summed E-state index contributed by atoms with van der Waals surface area (Å²) < 4.78 is 47.7. The van der Waals surface area contributed by atoms with Gasteiger partial charge in [-0.15, -0.1) is 5.10 Å². The van der Waals surface area contributed by atoms with Gasteiger partial charge in [0, 0.05) is 36.0 Å². The van der Waals surface area contributed by atoms with E-state index in [-0.39, 0.29) is 47.6 Å². The molecule has 3 aliphatic rings. The Hall–Kier alpha value is -4.76. The maximum atomic E-state index is 14.2. The summed E-state index contributed by atoms with van der Waals surface area (Å²) in [5.74, 6) is -0.872. The molecule has 0 unspecified atom stereocenters. The third-order valence-electron chi connectivity index (χ3n) is 8.84. The summed E-state index contributed by atoms with van der Waals surface area (Å²) in [4.78, 5) is 51.1. The Labute approximate surface area is 269 Å².